The van der Waals surface area contributed by atoms with Crippen molar-refractivity contribution in [1.29, 1.82) is 0 Å². The van der Waals surface area contributed by atoms with Gasteiger partial charge in [0, 0.05) is 5.56 Å². The Kier molecular flexibility index (Phi) is 3.34. The van der Waals surface area contributed by atoms with Crippen LogP contribution in [0.5, 0.6) is 0 Å². The molecule has 3 rings (SSSR count). The first-order chi connectivity index (χ1) is 8.65. The molecule has 0 amide bonds. The number of ether oxygens (including phenoxy) is 1. The van der Waals surface area contributed by atoms with Crippen LogP contribution in [0.15, 0.2) is 24.3 Å². The van der Waals surface area contributed by atoms with E-state index in [1.807, 2.05) is 12.1 Å². The number of hydrogen-bond donors (Lipinski definition) is 1. The summed E-state index contributed by atoms with van der Waals surface area (Å²) >= 11 is 13.4. The van der Waals surface area contributed by atoms with E-state index in [1.54, 1.807) is 0 Å². The molecule has 2 aromatic rings. The average molecular weight is 300 g/mol. The van der Waals surface area contributed by atoms with E-state index in [-0.39, 0.29) is 6.04 Å². The number of nitrogens with two attached hydrogens (primary N) is 1. The second-order valence-corrected chi connectivity index (χ2v) is 6.56. The topological polar surface area (TPSA) is 35.2 Å². The third kappa shape index (κ3) is 2.17. The van der Waals surface area contributed by atoms with E-state index in [0.717, 1.165) is 11.1 Å². The molecule has 1 aromatic carbocycles. The van der Waals surface area contributed by atoms with Crippen molar-refractivity contribution in [3.8, 4) is 0 Å². The lowest BCUT2D eigenvalue weighted by Gasteiger charge is -2.12. The summed E-state index contributed by atoms with van der Waals surface area (Å²) in [5.41, 5.74) is 10.6. The normalized spacial score (nSPS) is 15.7. The molecule has 0 fully saturated rings. The molecule has 0 spiro atoms. The Hall–Kier alpha value is -0.580. The Bertz CT molecular complexity index is 597. The lowest BCUT2D eigenvalue weighted by atomic mass is 9.98. The molecule has 0 saturated heterocycles. The molecule has 94 valence electrons. The fraction of sp³-hybridized carbons (Fsp3) is 0.231. The summed E-state index contributed by atoms with van der Waals surface area (Å²) in [6.07, 6.45) is 0. The highest BCUT2D eigenvalue weighted by atomic mass is 35.5. The van der Waals surface area contributed by atoms with Crippen LogP contribution < -0.4 is 5.73 Å². The SMILES string of the molecule is NC(c1ccc2c(c1)COC2)c1cc(Cl)sc1Cl. The molecule has 0 radical (unpaired) electrons. The van der Waals surface area contributed by atoms with E-state index in [2.05, 4.69) is 12.1 Å². The summed E-state index contributed by atoms with van der Waals surface area (Å²) in [7, 11) is 0. The predicted molar refractivity (Wildman–Crippen MR) is 75.3 cm³/mol. The van der Waals surface area contributed by atoms with Crippen molar-refractivity contribution in [2.45, 2.75) is 19.3 Å². The Morgan fingerprint density at radius 2 is 1.94 bits per heavy atom. The molecule has 1 aliphatic heterocycles. The Morgan fingerprint density at radius 3 is 2.67 bits per heavy atom. The van der Waals surface area contributed by atoms with Crippen LogP contribution in [-0.2, 0) is 18.0 Å². The molecule has 18 heavy (non-hydrogen) atoms. The largest absolute Gasteiger partial charge is 0.372 e. The van der Waals surface area contributed by atoms with Crippen LogP contribution >= 0.6 is 34.5 Å². The van der Waals surface area contributed by atoms with Crippen molar-refractivity contribution in [2.75, 3.05) is 0 Å². The first-order valence-corrected chi connectivity index (χ1v) is 7.12. The zero-order valence-electron chi connectivity index (χ0n) is 9.45. The lowest BCUT2D eigenvalue weighted by Crippen LogP contribution is -2.11. The van der Waals surface area contributed by atoms with Crippen molar-refractivity contribution in [3.63, 3.8) is 0 Å². The molecule has 0 saturated carbocycles. The van der Waals surface area contributed by atoms with E-state index in [9.17, 15) is 0 Å². The molecule has 2 nitrogen and oxygen atoms in total. The maximum atomic E-state index is 6.25. The van der Waals surface area contributed by atoms with Crippen LogP contribution in [0, 0.1) is 0 Å². The number of rotatable bonds is 2. The summed E-state index contributed by atoms with van der Waals surface area (Å²) in [5, 5.41) is 0. The van der Waals surface area contributed by atoms with Gasteiger partial charge in [-0.1, -0.05) is 41.4 Å². The summed E-state index contributed by atoms with van der Waals surface area (Å²) < 4.78 is 6.72. The van der Waals surface area contributed by atoms with Crippen molar-refractivity contribution in [3.05, 3.63) is 55.2 Å². The Labute approximate surface area is 119 Å². The van der Waals surface area contributed by atoms with Crippen molar-refractivity contribution in [2.24, 2.45) is 5.73 Å². The number of thiophene rings is 1. The van der Waals surface area contributed by atoms with Gasteiger partial charge in [0.05, 0.1) is 27.9 Å². The number of hydrogen-bond acceptors (Lipinski definition) is 3. The minimum Gasteiger partial charge on any atom is -0.372 e. The van der Waals surface area contributed by atoms with Gasteiger partial charge in [-0.05, 0) is 22.8 Å². The van der Waals surface area contributed by atoms with E-state index < -0.39 is 0 Å². The maximum Gasteiger partial charge on any atom is 0.0995 e. The monoisotopic (exact) mass is 299 g/mol. The Balaban J connectivity index is 1.97. The van der Waals surface area contributed by atoms with Crippen molar-refractivity contribution >= 4 is 34.5 Å². The predicted octanol–water partition coefficient (Wildman–Crippen LogP) is 4.13. The minimum absolute atomic E-state index is 0.243. The van der Waals surface area contributed by atoms with Gasteiger partial charge in [0.25, 0.3) is 0 Å². The molecule has 1 atom stereocenters. The van der Waals surface area contributed by atoms with Gasteiger partial charge in [-0.15, -0.1) is 11.3 Å². The molecule has 5 heteroatoms. The number of fused-ring (bicyclic) bond motifs is 1. The molecule has 0 bridgehead atoms. The molecule has 2 heterocycles. The van der Waals surface area contributed by atoms with Gasteiger partial charge in [-0.2, -0.15) is 0 Å². The van der Waals surface area contributed by atoms with Crippen LogP contribution in [-0.4, -0.2) is 0 Å². The van der Waals surface area contributed by atoms with Gasteiger partial charge in [-0.25, -0.2) is 0 Å². The van der Waals surface area contributed by atoms with Crippen LogP contribution in [0.25, 0.3) is 0 Å². The molecule has 1 aliphatic rings. The highest BCUT2D eigenvalue weighted by Crippen LogP contribution is 2.37. The number of halogens is 2. The summed E-state index contributed by atoms with van der Waals surface area (Å²) in [4.78, 5) is 0. The van der Waals surface area contributed by atoms with Gasteiger partial charge in [-0.3, -0.25) is 0 Å². The quantitative estimate of drug-likeness (QED) is 0.905. The zero-order valence-corrected chi connectivity index (χ0v) is 11.8. The third-order valence-corrected chi connectivity index (χ3v) is 4.64. The Morgan fingerprint density at radius 1 is 1.17 bits per heavy atom. The van der Waals surface area contributed by atoms with E-state index in [0.29, 0.717) is 21.9 Å². The van der Waals surface area contributed by atoms with Gasteiger partial charge in [0.1, 0.15) is 0 Å². The summed E-state index contributed by atoms with van der Waals surface area (Å²) in [6.45, 7) is 1.35. The van der Waals surface area contributed by atoms with Crippen molar-refractivity contribution in [1.82, 2.24) is 0 Å². The minimum atomic E-state index is -0.243. The fourth-order valence-electron chi connectivity index (χ4n) is 2.13. The van der Waals surface area contributed by atoms with E-state index in [4.69, 9.17) is 33.7 Å². The highest BCUT2D eigenvalue weighted by molar-refractivity contribution is 7.20. The van der Waals surface area contributed by atoms with Crippen LogP contribution in [0.4, 0.5) is 0 Å². The highest BCUT2D eigenvalue weighted by Gasteiger charge is 2.18. The van der Waals surface area contributed by atoms with Crippen LogP contribution in [0.1, 0.15) is 28.3 Å². The first-order valence-electron chi connectivity index (χ1n) is 5.55. The zero-order chi connectivity index (χ0) is 12.7. The van der Waals surface area contributed by atoms with Gasteiger partial charge < -0.3 is 10.5 Å². The summed E-state index contributed by atoms with van der Waals surface area (Å²) in [6, 6.07) is 7.78. The molecular formula is C13H11Cl2NOS. The maximum absolute atomic E-state index is 6.25. The molecule has 0 aliphatic carbocycles. The van der Waals surface area contributed by atoms with Gasteiger partial charge in [0.15, 0.2) is 0 Å². The smallest absolute Gasteiger partial charge is 0.0995 e. The molecular weight excluding hydrogens is 289 g/mol. The van der Waals surface area contributed by atoms with Gasteiger partial charge >= 0.3 is 0 Å². The average Bonchev–Trinajstić information content (AvgIpc) is 2.93. The first kappa shape index (κ1) is 12.5. The second-order valence-electron chi connectivity index (χ2n) is 4.28. The van der Waals surface area contributed by atoms with Crippen LogP contribution in [0.3, 0.4) is 0 Å². The molecule has 1 aromatic heterocycles. The fourth-order valence-corrected chi connectivity index (χ4v) is 3.68. The number of benzene rings is 1. The van der Waals surface area contributed by atoms with Crippen molar-refractivity contribution < 1.29 is 4.74 Å². The lowest BCUT2D eigenvalue weighted by molar-refractivity contribution is 0.134. The standard InChI is InChI=1S/C13H11Cl2NOS/c14-11-4-10(13(15)18-11)12(16)7-1-2-8-5-17-6-9(8)3-7/h1-4,12H,5-6,16H2. The van der Waals surface area contributed by atoms with Crippen LogP contribution in [0.2, 0.25) is 8.67 Å². The third-order valence-electron chi connectivity index (χ3n) is 3.12. The molecule has 1 unspecified atom stereocenters. The van der Waals surface area contributed by atoms with E-state index in [1.165, 1.54) is 22.5 Å². The van der Waals surface area contributed by atoms with Gasteiger partial charge in [0.2, 0.25) is 0 Å². The second kappa shape index (κ2) is 4.83. The summed E-state index contributed by atoms with van der Waals surface area (Å²) in [5.74, 6) is 0. The molecule has 2 N–H and O–H groups in total. The van der Waals surface area contributed by atoms with E-state index >= 15 is 0 Å².